The summed E-state index contributed by atoms with van der Waals surface area (Å²) in [5, 5.41) is 7.37. The van der Waals surface area contributed by atoms with E-state index in [1.807, 2.05) is 67.7 Å². The molecule has 6 heteroatoms. The number of aryl methyl sites for hydroxylation is 1. The van der Waals surface area contributed by atoms with Gasteiger partial charge < -0.3 is 10.2 Å². The number of carbonyl (C=O) groups excluding carboxylic acids is 2. The first kappa shape index (κ1) is 18.0. The van der Waals surface area contributed by atoms with Crippen LogP contribution in [0.4, 0.5) is 0 Å². The zero-order chi connectivity index (χ0) is 19.5. The molecule has 0 aliphatic carbocycles. The highest BCUT2D eigenvalue weighted by atomic mass is 16.2. The molecule has 2 amide bonds. The van der Waals surface area contributed by atoms with Crippen molar-refractivity contribution in [3.8, 4) is 0 Å². The average Bonchev–Trinajstić information content (AvgIpc) is 3.09. The van der Waals surface area contributed by atoms with E-state index in [1.54, 1.807) is 9.58 Å². The summed E-state index contributed by atoms with van der Waals surface area (Å²) in [6.45, 7) is 1.45. The van der Waals surface area contributed by atoms with E-state index < -0.39 is 0 Å². The Balaban J connectivity index is 1.52. The summed E-state index contributed by atoms with van der Waals surface area (Å²) in [6.07, 6.45) is 0.684. The van der Waals surface area contributed by atoms with Gasteiger partial charge >= 0.3 is 0 Å². The van der Waals surface area contributed by atoms with Gasteiger partial charge in [-0.3, -0.25) is 14.3 Å². The molecule has 0 bridgehead atoms. The number of hydrogen-bond donors (Lipinski definition) is 1. The SMILES string of the molecule is Cn1nc(C(=O)NCc2ccccc2)c2c1CCN(C(=O)c1ccccc1)C2. The van der Waals surface area contributed by atoms with Crippen LogP contribution in [0.5, 0.6) is 0 Å². The second-order valence-corrected chi connectivity index (χ2v) is 6.91. The Morgan fingerprint density at radius 3 is 2.43 bits per heavy atom. The van der Waals surface area contributed by atoms with Crippen LogP contribution in [0.1, 0.15) is 37.7 Å². The van der Waals surface area contributed by atoms with Crippen LogP contribution in [-0.2, 0) is 26.6 Å². The maximum atomic E-state index is 12.8. The molecule has 0 saturated carbocycles. The third-order valence-electron chi connectivity index (χ3n) is 5.06. The molecule has 0 saturated heterocycles. The van der Waals surface area contributed by atoms with Gasteiger partial charge in [0.15, 0.2) is 5.69 Å². The standard InChI is InChI=1S/C22H22N4O2/c1-25-19-12-13-26(22(28)17-10-6-3-7-11-17)15-18(19)20(24-25)21(27)23-14-16-8-4-2-5-9-16/h2-11H,12-15H2,1H3,(H,23,27). The Morgan fingerprint density at radius 2 is 1.71 bits per heavy atom. The van der Waals surface area contributed by atoms with Crippen molar-refractivity contribution >= 4 is 11.8 Å². The summed E-state index contributed by atoms with van der Waals surface area (Å²) >= 11 is 0. The van der Waals surface area contributed by atoms with Crippen molar-refractivity contribution in [1.29, 1.82) is 0 Å². The Kier molecular flexibility index (Phi) is 4.93. The van der Waals surface area contributed by atoms with Crippen LogP contribution in [-0.4, -0.2) is 33.0 Å². The highest BCUT2D eigenvalue weighted by molar-refractivity contribution is 5.96. The molecule has 0 radical (unpaired) electrons. The van der Waals surface area contributed by atoms with Crippen LogP contribution in [0.2, 0.25) is 0 Å². The Bertz CT molecular complexity index is 996. The number of aromatic nitrogens is 2. The number of amides is 2. The average molecular weight is 374 g/mol. The summed E-state index contributed by atoms with van der Waals surface area (Å²) in [5.41, 5.74) is 3.94. The lowest BCUT2D eigenvalue weighted by atomic mass is 10.0. The highest BCUT2D eigenvalue weighted by Crippen LogP contribution is 2.23. The second kappa shape index (κ2) is 7.68. The van der Waals surface area contributed by atoms with Crippen molar-refractivity contribution in [1.82, 2.24) is 20.0 Å². The monoisotopic (exact) mass is 374 g/mol. The van der Waals surface area contributed by atoms with Crippen LogP contribution in [0, 0.1) is 0 Å². The fraction of sp³-hybridized carbons (Fsp3) is 0.227. The van der Waals surface area contributed by atoms with E-state index in [2.05, 4.69) is 10.4 Å². The van der Waals surface area contributed by atoms with Gasteiger partial charge in [-0.15, -0.1) is 0 Å². The lowest BCUT2D eigenvalue weighted by Crippen LogP contribution is -2.37. The van der Waals surface area contributed by atoms with Crippen molar-refractivity contribution in [3.05, 3.63) is 88.7 Å². The van der Waals surface area contributed by atoms with Gasteiger partial charge in [-0.1, -0.05) is 48.5 Å². The largest absolute Gasteiger partial charge is 0.347 e. The van der Waals surface area contributed by atoms with Crippen LogP contribution >= 0.6 is 0 Å². The van der Waals surface area contributed by atoms with Gasteiger partial charge in [-0.05, 0) is 17.7 Å². The predicted octanol–water partition coefficient (Wildman–Crippen LogP) is 2.55. The van der Waals surface area contributed by atoms with E-state index in [4.69, 9.17) is 0 Å². The number of nitrogens with one attached hydrogen (secondary N) is 1. The molecule has 28 heavy (non-hydrogen) atoms. The number of rotatable bonds is 4. The molecule has 0 fully saturated rings. The van der Waals surface area contributed by atoms with Gasteiger partial charge in [0, 0.05) is 43.4 Å². The van der Waals surface area contributed by atoms with Crippen LogP contribution in [0.3, 0.4) is 0 Å². The molecule has 4 rings (SSSR count). The molecule has 142 valence electrons. The zero-order valence-corrected chi connectivity index (χ0v) is 15.8. The lowest BCUT2D eigenvalue weighted by Gasteiger charge is -2.27. The molecule has 2 heterocycles. The summed E-state index contributed by atoms with van der Waals surface area (Å²) in [4.78, 5) is 27.4. The second-order valence-electron chi connectivity index (χ2n) is 6.91. The fourth-order valence-electron chi connectivity index (χ4n) is 3.57. The molecule has 2 aromatic carbocycles. The van der Waals surface area contributed by atoms with Gasteiger partial charge in [-0.25, -0.2) is 0 Å². The third kappa shape index (κ3) is 3.53. The normalized spacial score (nSPS) is 13.1. The molecule has 6 nitrogen and oxygen atoms in total. The zero-order valence-electron chi connectivity index (χ0n) is 15.8. The van der Waals surface area contributed by atoms with E-state index in [9.17, 15) is 9.59 Å². The van der Waals surface area contributed by atoms with E-state index in [0.29, 0.717) is 37.3 Å². The quantitative estimate of drug-likeness (QED) is 0.763. The van der Waals surface area contributed by atoms with Gasteiger partial charge in [0.1, 0.15) is 0 Å². The van der Waals surface area contributed by atoms with E-state index in [-0.39, 0.29) is 11.8 Å². The molecule has 1 aromatic heterocycles. The van der Waals surface area contributed by atoms with Crippen LogP contribution in [0.15, 0.2) is 60.7 Å². The molecule has 0 atom stereocenters. The first-order valence-corrected chi connectivity index (χ1v) is 9.34. The van der Waals surface area contributed by atoms with Crippen LogP contribution < -0.4 is 5.32 Å². The molecular formula is C22H22N4O2. The molecule has 1 aliphatic rings. The molecule has 0 spiro atoms. The smallest absolute Gasteiger partial charge is 0.272 e. The van der Waals surface area contributed by atoms with E-state index in [0.717, 1.165) is 16.8 Å². The van der Waals surface area contributed by atoms with E-state index >= 15 is 0 Å². The number of hydrogen-bond acceptors (Lipinski definition) is 3. The number of benzene rings is 2. The fourth-order valence-corrected chi connectivity index (χ4v) is 3.57. The van der Waals surface area contributed by atoms with Gasteiger partial charge in [0.05, 0.1) is 6.54 Å². The number of nitrogens with zero attached hydrogens (tertiary/aromatic N) is 3. The van der Waals surface area contributed by atoms with E-state index in [1.165, 1.54) is 0 Å². The van der Waals surface area contributed by atoms with Gasteiger partial charge in [-0.2, -0.15) is 5.10 Å². The maximum absolute atomic E-state index is 12.8. The summed E-state index contributed by atoms with van der Waals surface area (Å²) in [5.74, 6) is -0.236. The minimum atomic E-state index is -0.213. The minimum Gasteiger partial charge on any atom is -0.347 e. The minimum absolute atomic E-state index is 0.0225. The van der Waals surface area contributed by atoms with Gasteiger partial charge in [0.25, 0.3) is 11.8 Å². The van der Waals surface area contributed by atoms with Crippen molar-refractivity contribution < 1.29 is 9.59 Å². The highest BCUT2D eigenvalue weighted by Gasteiger charge is 2.29. The molecule has 0 unspecified atom stereocenters. The predicted molar refractivity (Wildman–Crippen MR) is 106 cm³/mol. The topological polar surface area (TPSA) is 67.2 Å². The molecule has 1 aliphatic heterocycles. The first-order chi connectivity index (χ1) is 13.6. The summed E-state index contributed by atoms with van der Waals surface area (Å²) in [6, 6.07) is 19.0. The van der Waals surface area contributed by atoms with Gasteiger partial charge in [0.2, 0.25) is 0 Å². The van der Waals surface area contributed by atoms with Crippen LogP contribution in [0.25, 0.3) is 0 Å². The van der Waals surface area contributed by atoms with Crippen molar-refractivity contribution in [2.45, 2.75) is 19.5 Å². The summed E-state index contributed by atoms with van der Waals surface area (Å²) < 4.78 is 1.76. The Labute approximate surface area is 163 Å². The first-order valence-electron chi connectivity index (χ1n) is 9.34. The van der Waals surface area contributed by atoms with Crippen molar-refractivity contribution in [3.63, 3.8) is 0 Å². The maximum Gasteiger partial charge on any atom is 0.272 e. The number of fused-ring (bicyclic) bond motifs is 1. The Hall–Kier alpha value is -3.41. The van der Waals surface area contributed by atoms with Crippen molar-refractivity contribution in [2.75, 3.05) is 6.54 Å². The lowest BCUT2D eigenvalue weighted by molar-refractivity contribution is 0.0730. The number of carbonyl (C=O) groups is 2. The summed E-state index contributed by atoms with van der Waals surface area (Å²) in [7, 11) is 1.85. The third-order valence-corrected chi connectivity index (χ3v) is 5.06. The molecule has 1 N–H and O–H groups in total. The molecular weight excluding hydrogens is 352 g/mol. The van der Waals surface area contributed by atoms with Crippen molar-refractivity contribution in [2.24, 2.45) is 7.05 Å². The molecule has 3 aromatic rings. The Morgan fingerprint density at radius 1 is 1.04 bits per heavy atom.